The Labute approximate surface area is 187 Å². The molecule has 5 rings (SSSR count). The van der Waals surface area contributed by atoms with E-state index in [4.69, 9.17) is 10.5 Å². The van der Waals surface area contributed by atoms with Gasteiger partial charge in [0, 0.05) is 12.1 Å². The van der Waals surface area contributed by atoms with E-state index in [0.717, 1.165) is 10.8 Å². The van der Waals surface area contributed by atoms with Crippen molar-refractivity contribution in [2.45, 2.75) is 29.3 Å². The zero-order chi connectivity index (χ0) is 22.5. The van der Waals surface area contributed by atoms with Gasteiger partial charge >= 0.3 is 0 Å². The quantitative estimate of drug-likeness (QED) is 0.342. The van der Waals surface area contributed by atoms with Crippen molar-refractivity contribution in [1.82, 2.24) is 14.7 Å². The summed E-state index contributed by atoms with van der Waals surface area (Å²) in [5.74, 6) is 0.319. The molecule has 2 aromatic heterocycles. The first-order valence-electron chi connectivity index (χ1n) is 9.83. The van der Waals surface area contributed by atoms with Crippen molar-refractivity contribution in [3.63, 3.8) is 0 Å². The lowest BCUT2D eigenvalue weighted by molar-refractivity contribution is 0.0109. The van der Waals surface area contributed by atoms with Crippen molar-refractivity contribution in [3.8, 4) is 0 Å². The van der Waals surface area contributed by atoms with Gasteiger partial charge in [-0.2, -0.15) is 0 Å². The summed E-state index contributed by atoms with van der Waals surface area (Å²) >= 11 is 1.31. The predicted molar refractivity (Wildman–Crippen MR) is 121 cm³/mol. The number of aliphatic hydroxyl groups is 2. The topological polar surface area (TPSA) is 148 Å². The van der Waals surface area contributed by atoms with Crippen molar-refractivity contribution >= 4 is 48.2 Å². The smallest absolute Gasteiger partial charge is 0.240 e. The molecular formula is C21H20N4O5S2. The zero-order valence-electron chi connectivity index (χ0n) is 16.6. The zero-order valence-corrected chi connectivity index (χ0v) is 18.3. The van der Waals surface area contributed by atoms with E-state index in [0.29, 0.717) is 21.6 Å². The number of benzene rings is 2. The second-order valence-electron chi connectivity index (χ2n) is 7.56. The van der Waals surface area contributed by atoms with Gasteiger partial charge in [0.15, 0.2) is 0 Å². The number of ether oxygens (including phenoxy) is 1. The average Bonchev–Trinajstić information content (AvgIpc) is 3.34. The minimum atomic E-state index is -3.85. The van der Waals surface area contributed by atoms with E-state index in [-0.39, 0.29) is 11.4 Å². The number of fused-ring (bicyclic) bond motifs is 2. The second kappa shape index (κ2) is 8.03. The van der Waals surface area contributed by atoms with E-state index in [1.54, 1.807) is 17.5 Å². The monoisotopic (exact) mass is 472 g/mol. The highest BCUT2D eigenvalue weighted by Crippen LogP contribution is 2.39. The first kappa shape index (κ1) is 21.2. The first-order valence-corrected chi connectivity index (χ1v) is 12.2. The largest absolute Gasteiger partial charge is 0.388 e. The SMILES string of the molecule is Nc1ncnc2c([C@@H]3O[C@H](CNS(=O)(=O)c4ccc5ccccc5c4)[C@@H](O)[C@H]3O)csc12. The van der Waals surface area contributed by atoms with Crippen LogP contribution >= 0.6 is 11.3 Å². The van der Waals surface area contributed by atoms with Crippen LogP contribution in [0.5, 0.6) is 0 Å². The molecule has 0 unspecified atom stereocenters. The molecule has 0 radical (unpaired) electrons. The van der Waals surface area contributed by atoms with Crippen LogP contribution < -0.4 is 10.5 Å². The molecule has 166 valence electrons. The van der Waals surface area contributed by atoms with Gasteiger partial charge in [0.1, 0.15) is 36.6 Å². The highest BCUT2D eigenvalue weighted by molar-refractivity contribution is 7.89. The van der Waals surface area contributed by atoms with Gasteiger partial charge in [0.05, 0.1) is 15.1 Å². The molecule has 4 aromatic rings. The minimum Gasteiger partial charge on any atom is -0.388 e. The lowest BCUT2D eigenvalue weighted by Crippen LogP contribution is -2.39. The fraction of sp³-hybridized carbons (Fsp3) is 0.238. The molecule has 0 spiro atoms. The molecule has 5 N–H and O–H groups in total. The molecular weight excluding hydrogens is 452 g/mol. The Bertz CT molecular complexity index is 1410. The van der Waals surface area contributed by atoms with Gasteiger partial charge in [0.2, 0.25) is 10.0 Å². The first-order chi connectivity index (χ1) is 15.3. The second-order valence-corrected chi connectivity index (χ2v) is 10.2. The van der Waals surface area contributed by atoms with E-state index in [1.807, 2.05) is 24.3 Å². The van der Waals surface area contributed by atoms with Crippen LogP contribution in [0.25, 0.3) is 21.0 Å². The Hall–Kier alpha value is -2.67. The Morgan fingerprint density at radius 1 is 1.09 bits per heavy atom. The molecule has 0 bridgehead atoms. The Kier molecular flexibility index (Phi) is 5.32. The standard InChI is InChI=1S/C21H20N4O5S2/c22-21-20-16(23-10-24-21)14(9-31-20)19-18(27)17(26)15(30-19)8-25-32(28,29)13-6-5-11-3-1-2-4-12(11)7-13/h1-7,9-10,15,17-19,25-27H,8H2,(H2,22,23,24)/t15-,17-,18-,19+/m1/s1. The summed E-state index contributed by atoms with van der Waals surface area (Å²) in [4.78, 5) is 8.27. The maximum absolute atomic E-state index is 12.8. The maximum atomic E-state index is 12.8. The molecule has 1 fully saturated rings. The molecule has 0 aliphatic carbocycles. The number of aromatic nitrogens is 2. The summed E-state index contributed by atoms with van der Waals surface area (Å²) in [7, 11) is -3.85. The highest BCUT2D eigenvalue weighted by atomic mass is 32.2. The number of hydrogen-bond donors (Lipinski definition) is 4. The lowest BCUT2D eigenvalue weighted by Gasteiger charge is -2.15. The van der Waals surface area contributed by atoms with Gasteiger partial charge in [0.25, 0.3) is 0 Å². The third kappa shape index (κ3) is 3.62. The Balaban J connectivity index is 1.34. The number of anilines is 1. The maximum Gasteiger partial charge on any atom is 0.240 e. The molecule has 0 saturated carbocycles. The Morgan fingerprint density at radius 2 is 1.88 bits per heavy atom. The van der Waals surface area contributed by atoms with E-state index >= 15 is 0 Å². The van der Waals surface area contributed by atoms with Gasteiger partial charge < -0.3 is 20.7 Å². The summed E-state index contributed by atoms with van der Waals surface area (Å²) < 4.78 is 34.6. The number of nitrogens with two attached hydrogens (primary N) is 1. The number of sulfonamides is 1. The molecule has 1 aliphatic rings. The van der Waals surface area contributed by atoms with Gasteiger partial charge in [-0.1, -0.05) is 30.3 Å². The fourth-order valence-electron chi connectivity index (χ4n) is 3.87. The summed E-state index contributed by atoms with van der Waals surface area (Å²) in [5, 5.41) is 24.5. The summed E-state index contributed by atoms with van der Waals surface area (Å²) in [5.41, 5.74) is 6.99. The predicted octanol–water partition coefficient (Wildman–Crippen LogP) is 1.57. The van der Waals surface area contributed by atoms with Crippen LogP contribution in [0.2, 0.25) is 0 Å². The van der Waals surface area contributed by atoms with Crippen molar-refractivity contribution in [3.05, 3.63) is 59.7 Å². The van der Waals surface area contributed by atoms with Gasteiger partial charge in [-0.15, -0.1) is 11.3 Å². The van der Waals surface area contributed by atoms with E-state index in [9.17, 15) is 18.6 Å². The normalized spacial score (nSPS) is 23.8. The number of nitrogens with zero attached hydrogens (tertiary/aromatic N) is 2. The summed E-state index contributed by atoms with van der Waals surface area (Å²) in [6.45, 7) is -0.205. The molecule has 1 aliphatic heterocycles. The van der Waals surface area contributed by atoms with Crippen LogP contribution in [0.3, 0.4) is 0 Å². The molecule has 2 aromatic carbocycles. The Morgan fingerprint density at radius 3 is 2.69 bits per heavy atom. The van der Waals surface area contributed by atoms with Crippen LogP contribution in [-0.2, 0) is 14.8 Å². The fourth-order valence-corrected chi connectivity index (χ4v) is 5.90. The minimum absolute atomic E-state index is 0.108. The molecule has 4 atom stereocenters. The summed E-state index contributed by atoms with van der Waals surface area (Å²) in [6.07, 6.45) is -3.03. The molecule has 3 heterocycles. The number of nitrogen functional groups attached to an aromatic ring is 1. The van der Waals surface area contributed by atoms with Crippen molar-refractivity contribution in [2.75, 3.05) is 12.3 Å². The molecule has 11 heteroatoms. The van der Waals surface area contributed by atoms with Gasteiger partial charge in [-0.25, -0.2) is 23.1 Å². The number of hydrogen-bond acceptors (Lipinski definition) is 9. The van der Waals surface area contributed by atoms with Gasteiger partial charge in [-0.3, -0.25) is 0 Å². The van der Waals surface area contributed by atoms with Crippen molar-refractivity contribution in [1.29, 1.82) is 0 Å². The molecule has 1 saturated heterocycles. The van der Waals surface area contributed by atoms with Crippen LogP contribution in [0.15, 0.2) is 59.1 Å². The van der Waals surface area contributed by atoms with E-state index in [2.05, 4.69) is 14.7 Å². The van der Waals surface area contributed by atoms with Crippen molar-refractivity contribution in [2.24, 2.45) is 0 Å². The van der Waals surface area contributed by atoms with Crippen molar-refractivity contribution < 1.29 is 23.4 Å². The highest BCUT2D eigenvalue weighted by Gasteiger charge is 2.44. The average molecular weight is 473 g/mol. The van der Waals surface area contributed by atoms with Crippen LogP contribution in [-0.4, -0.2) is 53.5 Å². The number of aliphatic hydroxyl groups excluding tert-OH is 2. The van der Waals surface area contributed by atoms with Crippen LogP contribution in [0.4, 0.5) is 5.82 Å². The number of nitrogens with one attached hydrogen (secondary N) is 1. The summed E-state index contributed by atoms with van der Waals surface area (Å²) in [6, 6.07) is 12.3. The number of rotatable bonds is 5. The molecule has 9 nitrogen and oxygen atoms in total. The van der Waals surface area contributed by atoms with Crippen LogP contribution in [0.1, 0.15) is 11.7 Å². The molecule has 32 heavy (non-hydrogen) atoms. The third-order valence-electron chi connectivity index (χ3n) is 5.58. The third-order valence-corrected chi connectivity index (χ3v) is 8.01. The van der Waals surface area contributed by atoms with E-state index < -0.39 is 34.4 Å². The number of thiophene rings is 1. The van der Waals surface area contributed by atoms with E-state index in [1.165, 1.54) is 23.7 Å². The van der Waals surface area contributed by atoms with Gasteiger partial charge in [-0.05, 0) is 28.3 Å². The molecule has 0 amide bonds. The van der Waals surface area contributed by atoms with Crippen LogP contribution in [0, 0.1) is 0 Å². The lowest BCUT2D eigenvalue weighted by atomic mass is 10.0.